The first kappa shape index (κ1) is 49.7. The molecule has 0 unspecified atom stereocenters. The third kappa shape index (κ3) is 13.2. The molecule has 3 fully saturated rings. The van der Waals surface area contributed by atoms with Crippen LogP contribution in [-0.4, -0.2) is 74.4 Å². The smallest absolute Gasteiger partial charge is 0.187 e. The summed E-state index contributed by atoms with van der Waals surface area (Å²) in [6, 6.07) is 71.2. The molecule has 72 heavy (non-hydrogen) atoms. The molecule has 372 valence electrons. The van der Waals surface area contributed by atoms with Crippen LogP contribution in [-0.2, 0) is 93.6 Å². The highest BCUT2D eigenvalue weighted by atomic mass is 16.7. The van der Waals surface area contributed by atoms with Crippen LogP contribution in [0.3, 0.4) is 0 Å². The van der Waals surface area contributed by atoms with Gasteiger partial charge in [-0.25, -0.2) is 0 Å². The van der Waals surface area contributed by atoms with Gasteiger partial charge in [0.2, 0.25) is 0 Å². The van der Waals surface area contributed by atoms with Gasteiger partial charge >= 0.3 is 0 Å². The third-order valence-corrected chi connectivity index (χ3v) is 13.6. The summed E-state index contributed by atoms with van der Waals surface area (Å²) in [5.74, 6) is -0.402. The summed E-state index contributed by atoms with van der Waals surface area (Å²) in [5, 5.41) is 0. The van der Waals surface area contributed by atoms with Crippen molar-refractivity contribution in [1.82, 2.24) is 0 Å². The average molecular weight is 969 g/mol. The molecule has 7 aromatic rings. The van der Waals surface area contributed by atoms with Crippen LogP contribution in [0, 0.1) is 5.92 Å². The van der Waals surface area contributed by atoms with Crippen molar-refractivity contribution in [1.29, 1.82) is 0 Å². The van der Waals surface area contributed by atoms with Gasteiger partial charge in [-0.3, -0.25) is 0 Å². The van der Waals surface area contributed by atoms with Crippen LogP contribution in [0.2, 0.25) is 0 Å². The normalized spacial score (nSPS) is 26.0. The van der Waals surface area contributed by atoms with Gasteiger partial charge in [0.05, 0.1) is 77.8 Å². The Kier molecular flexibility index (Phi) is 17.7. The van der Waals surface area contributed by atoms with Crippen molar-refractivity contribution in [3.8, 4) is 0 Å². The maximum Gasteiger partial charge on any atom is 0.187 e. The van der Waals surface area contributed by atoms with E-state index >= 15 is 0 Å². The van der Waals surface area contributed by atoms with E-state index in [0.29, 0.717) is 46.2 Å². The molecule has 7 aromatic carbocycles. The first-order chi connectivity index (χ1) is 35.7. The van der Waals surface area contributed by atoms with Crippen LogP contribution >= 0.6 is 0 Å². The minimum absolute atomic E-state index is 0.213. The number of ether oxygens (including phenoxy) is 10. The maximum atomic E-state index is 7.49. The zero-order chi connectivity index (χ0) is 48.6. The Morgan fingerprint density at radius 3 is 1.10 bits per heavy atom. The molecule has 3 heterocycles. The van der Waals surface area contributed by atoms with E-state index in [1.165, 1.54) is 0 Å². The highest BCUT2D eigenvalue weighted by Gasteiger charge is 2.61. The van der Waals surface area contributed by atoms with Crippen molar-refractivity contribution in [3.63, 3.8) is 0 Å². The Labute approximate surface area is 423 Å². The van der Waals surface area contributed by atoms with Gasteiger partial charge < -0.3 is 47.4 Å². The Morgan fingerprint density at radius 1 is 0.319 bits per heavy atom. The predicted molar refractivity (Wildman–Crippen MR) is 273 cm³/mol. The number of hydrogen-bond donors (Lipinski definition) is 0. The molecule has 3 aliphatic heterocycles. The quantitative estimate of drug-likeness (QED) is 0.0617. The zero-order valence-electron chi connectivity index (χ0n) is 40.5. The van der Waals surface area contributed by atoms with Crippen molar-refractivity contribution in [2.75, 3.05) is 13.2 Å². The SMILES string of the molecule is c1ccc(COC[C@H]2O[C@@H]([C@@H]3OC[C@H]4O[C@H](OCc5ccccc5)[C@H](OCc5ccccc5)[C@@H](OCc5ccccc5)[C@H]34)[C@H](OCc3ccccc3)[C@@H](OCc3ccccc3)[C@H]2OCc2ccccc2)cc1. The molecule has 0 aromatic heterocycles. The monoisotopic (exact) mass is 968 g/mol. The van der Waals surface area contributed by atoms with Crippen molar-refractivity contribution in [3.05, 3.63) is 251 Å². The average Bonchev–Trinajstić information content (AvgIpc) is 3.87. The highest BCUT2D eigenvalue weighted by molar-refractivity contribution is 5.20. The van der Waals surface area contributed by atoms with Crippen molar-refractivity contribution >= 4 is 0 Å². The zero-order valence-corrected chi connectivity index (χ0v) is 40.5. The molecule has 3 aliphatic rings. The first-order valence-corrected chi connectivity index (χ1v) is 25.2. The number of hydrogen-bond acceptors (Lipinski definition) is 10. The highest BCUT2D eigenvalue weighted by Crippen LogP contribution is 2.44. The number of rotatable bonds is 23. The number of benzene rings is 7. The van der Waals surface area contributed by atoms with E-state index in [2.05, 4.69) is 72.8 Å². The molecule has 10 heteroatoms. The Bertz CT molecular complexity index is 2600. The summed E-state index contributed by atoms with van der Waals surface area (Å²) in [6.45, 7) is 2.75. The maximum absolute atomic E-state index is 7.49. The Hall–Kier alpha value is -5.86. The summed E-state index contributed by atoms with van der Waals surface area (Å²) >= 11 is 0. The standard InChI is InChI=1S/C62H64O10/c1-8-22-45(23-9-1)36-63-43-53-55(64-37-46-24-10-2-11-25-46)58(66-39-48-28-14-4-15-29-48)59(67-40-49-30-16-5-17-31-49)60(71-53)56-54-52(44-69-56)72-62(70-42-51-34-20-7-21-35-51)61(68-41-50-32-18-6-19-33-50)57(54)65-38-47-26-12-3-13-27-47/h1-35,52-62H,36-44H2/t52-,53-,54+,55+,56-,57+,58+,59-,60+,61-,62+/m1/s1. The molecule has 0 N–H and O–H groups in total. The third-order valence-electron chi connectivity index (χ3n) is 13.6. The van der Waals surface area contributed by atoms with Crippen LogP contribution in [0.25, 0.3) is 0 Å². The van der Waals surface area contributed by atoms with E-state index in [1.807, 2.05) is 140 Å². The fraction of sp³-hybridized carbons (Fsp3) is 0.323. The lowest BCUT2D eigenvalue weighted by Gasteiger charge is -2.50. The van der Waals surface area contributed by atoms with E-state index in [-0.39, 0.29) is 13.2 Å². The van der Waals surface area contributed by atoms with Gasteiger partial charge in [0, 0.05) is 5.92 Å². The molecule has 10 rings (SSSR count). The van der Waals surface area contributed by atoms with Gasteiger partial charge in [0.1, 0.15) is 36.6 Å². The fourth-order valence-corrected chi connectivity index (χ4v) is 9.99. The molecular formula is C62H64O10. The van der Waals surface area contributed by atoms with Gasteiger partial charge in [0.15, 0.2) is 6.29 Å². The van der Waals surface area contributed by atoms with Gasteiger partial charge in [-0.15, -0.1) is 0 Å². The lowest BCUT2D eigenvalue weighted by molar-refractivity contribution is -0.315. The lowest BCUT2D eigenvalue weighted by Crippen LogP contribution is -2.66. The van der Waals surface area contributed by atoms with Gasteiger partial charge in [-0.2, -0.15) is 0 Å². The second-order valence-electron chi connectivity index (χ2n) is 18.7. The molecule has 0 bridgehead atoms. The van der Waals surface area contributed by atoms with E-state index in [0.717, 1.165) is 38.9 Å². The van der Waals surface area contributed by atoms with Crippen LogP contribution < -0.4 is 0 Å². The van der Waals surface area contributed by atoms with Gasteiger partial charge in [-0.1, -0.05) is 212 Å². The molecular weight excluding hydrogens is 905 g/mol. The largest absolute Gasteiger partial charge is 0.374 e. The topological polar surface area (TPSA) is 92.3 Å². The molecule has 0 radical (unpaired) electrons. The van der Waals surface area contributed by atoms with E-state index in [1.54, 1.807) is 0 Å². The number of fused-ring (bicyclic) bond motifs is 1. The van der Waals surface area contributed by atoms with Crippen molar-refractivity contribution < 1.29 is 47.4 Å². The fourth-order valence-electron chi connectivity index (χ4n) is 9.99. The molecule has 0 aliphatic carbocycles. The van der Waals surface area contributed by atoms with Crippen LogP contribution in [0.5, 0.6) is 0 Å². The lowest BCUT2D eigenvalue weighted by atomic mass is 9.80. The van der Waals surface area contributed by atoms with Crippen LogP contribution in [0.1, 0.15) is 38.9 Å². The second-order valence-corrected chi connectivity index (χ2v) is 18.7. The van der Waals surface area contributed by atoms with Gasteiger partial charge in [0.25, 0.3) is 0 Å². The van der Waals surface area contributed by atoms with E-state index < -0.39 is 67.1 Å². The molecule has 10 nitrogen and oxygen atoms in total. The summed E-state index contributed by atoms with van der Waals surface area (Å²) in [7, 11) is 0. The second kappa shape index (κ2) is 25.7. The molecule has 0 spiro atoms. The molecule has 0 amide bonds. The molecule has 11 atom stereocenters. The Balaban J connectivity index is 1.03. The minimum atomic E-state index is -0.785. The molecule has 0 saturated carbocycles. The summed E-state index contributed by atoms with van der Waals surface area (Å²) in [4.78, 5) is 0. The summed E-state index contributed by atoms with van der Waals surface area (Å²) in [6.07, 6.45) is -6.40. The predicted octanol–water partition coefficient (Wildman–Crippen LogP) is 10.9. The van der Waals surface area contributed by atoms with Crippen molar-refractivity contribution in [2.24, 2.45) is 5.92 Å². The summed E-state index contributed by atoms with van der Waals surface area (Å²) < 4.78 is 70.5. The van der Waals surface area contributed by atoms with Gasteiger partial charge in [-0.05, 0) is 38.9 Å². The Morgan fingerprint density at radius 2 is 0.667 bits per heavy atom. The van der Waals surface area contributed by atoms with Crippen molar-refractivity contribution in [2.45, 2.75) is 107 Å². The van der Waals surface area contributed by atoms with Crippen LogP contribution in [0.4, 0.5) is 0 Å². The minimum Gasteiger partial charge on any atom is -0.374 e. The summed E-state index contributed by atoms with van der Waals surface area (Å²) in [5.41, 5.74) is 7.18. The van der Waals surface area contributed by atoms with Crippen LogP contribution in [0.15, 0.2) is 212 Å². The van der Waals surface area contributed by atoms with E-state index in [9.17, 15) is 0 Å². The first-order valence-electron chi connectivity index (χ1n) is 25.2. The molecule has 3 saturated heterocycles. The van der Waals surface area contributed by atoms with E-state index in [4.69, 9.17) is 47.4 Å².